The van der Waals surface area contributed by atoms with Gasteiger partial charge in [0.1, 0.15) is 0 Å². The zero-order chi connectivity index (χ0) is 16.3. The molecular formula is C21H34N2. The lowest BCUT2D eigenvalue weighted by Gasteiger charge is -2.54. The molecule has 1 saturated carbocycles. The van der Waals surface area contributed by atoms with E-state index in [1.165, 1.54) is 51.7 Å². The minimum atomic E-state index is 0.251. The summed E-state index contributed by atoms with van der Waals surface area (Å²) in [4.78, 5) is 2.81. The summed E-state index contributed by atoms with van der Waals surface area (Å²) >= 11 is 0. The Labute approximate surface area is 142 Å². The van der Waals surface area contributed by atoms with Crippen LogP contribution in [-0.4, -0.2) is 31.1 Å². The smallest absolute Gasteiger partial charge is 0.0464 e. The second kappa shape index (κ2) is 6.94. The Morgan fingerprint density at radius 1 is 1.13 bits per heavy atom. The van der Waals surface area contributed by atoms with Crippen LogP contribution in [0.4, 0.5) is 0 Å². The SMILES string of the molecule is CCC1(C)CCC(c2ccccc2)(N2CCCNCC2)CC1C. The molecule has 1 aromatic carbocycles. The molecule has 2 nitrogen and oxygen atoms in total. The molecule has 0 radical (unpaired) electrons. The van der Waals surface area contributed by atoms with Crippen molar-refractivity contribution in [1.29, 1.82) is 0 Å². The summed E-state index contributed by atoms with van der Waals surface area (Å²) in [5.41, 5.74) is 2.32. The molecule has 2 heteroatoms. The van der Waals surface area contributed by atoms with E-state index in [1.54, 1.807) is 5.56 Å². The van der Waals surface area contributed by atoms with Gasteiger partial charge in [-0.25, -0.2) is 0 Å². The summed E-state index contributed by atoms with van der Waals surface area (Å²) in [5.74, 6) is 0.776. The lowest BCUT2D eigenvalue weighted by atomic mass is 9.59. The molecule has 1 aliphatic heterocycles. The first-order valence-corrected chi connectivity index (χ1v) is 9.62. The maximum atomic E-state index is 3.58. The lowest BCUT2D eigenvalue weighted by molar-refractivity contribution is -0.0246. The van der Waals surface area contributed by atoms with Gasteiger partial charge in [-0.15, -0.1) is 0 Å². The van der Waals surface area contributed by atoms with Crippen LogP contribution in [0.2, 0.25) is 0 Å². The Bertz CT molecular complexity index is 492. The van der Waals surface area contributed by atoms with E-state index in [1.807, 2.05) is 0 Å². The molecule has 0 amide bonds. The Morgan fingerprint density at radius 2 is 1.91 bits per heavy atom. The third-order valence-electron chi connectivity index (χ3n) is 7.01. The van der Waals surface area contributed by atoms with Crippen molar-refractivity contribution in [3.8, 4) is 0 Å². The summed E-state index contributed by atoms with van der Waals surface area (Å²) in [5, 5.41) is 3.58. The largest absolute Gasteiger partial charge is 0.315 e. The van der Waals surface area contributed by atoms with Gasteiger partial charge in [0, 0.05) is 25.2 Å². The first kappa shape index (κ1) is 17.0. The predicted octanol–water partition coefficient (Wildman–Crippen LogP) is 4.41. The molecule has 1 aliphatic carbocycles. The van der Waals surface area contributed by atoms with Crippen molar-refractivity contribution in [3.05, 3.63) is 35.9 Å². The minimum absolute atomic E-state index is 0.251. The van der Waals surface area contributed by atoms with Crippen LogP contribution in [0.3, 0.4) is 0 Å². The van der Waals surface area contributed by atoms with Crippen LogP contribution in [0.5, 0.6) is 0 Å². The molecule has 2 fully saturated rings. The maximum Gasteiger partial charge on any atom is 0.0464 e. The van der Waals surface area contributed by atoms with Crippen LogP contribution in [0.1, 0.15) is 58.4 Å². The molecule has 1 heterocycles. The van der Waals surface area contributed by atoms with Crippen LogP contribution in [-0.2, 0) is 5.54 Å². The Hall–Kier alpha value is -0.860. The highest BCUT2D eigenvalue weighted by atomic mass is 15.2. The van der Waals surface area contributed by atoms with Gasteiger partial charge >= 0.3 is 0 Å². The van der Waals surface area contributed by atoms with Gasteiger partial charge in [0.25, 0.3) is 0 Å². The van der Waals surface area contributed by atoms with Gasteiger partial charge < -0.3 is 5.32 Å². The zero-order valence-electron chi connectivity index (χ0n) is 15.3. The molecule has 0 spiro atoms. The maximum absolute atomic E-state index is 3.58. The van der Waals surface area contributed by atoms with Gasteiger partial charge in [-0.1, -0.05) is 57.5 Å². The Morgan fingerprint density at radius 3 is 2.61 bits per heavy atom. The van der Waals surface area contributed by atoms with Crippen LogP contribution in [0, 0.1) is 11.3 Å². The third kappa shape index (κ3) is 3.21. The molecule has 2 aliphatic rings. The summed E-state index contributed by atoms with van der Waals surface area (Å²) in [6.45, 7) is 12.1. The molecule has 3 rings (SSSR count). The first-order chi connectivity index (χ1) is 11.1. The predicted molar refractivity (Wildman–Crippen MR) is 98.6 cm³/mol. The molecule has 0 aromatic heterocycles. The summed E-state index contributed by atoms with van der Waals surface area (Å²) in [7, 11) is 0. The van der Waals surface area contributed by atoms with E-state index in [0.29, 0.717) is 5.41 Å². The standard InChI is InChI=1S/C21H34N2/c1-4-20(3)11-12-21(17-18(20)2,19-9-6-5-7-10-19)23-15-8-13-22-14-16-23/h5-7,9-10,18,22H,4,8,11-17H2,1-3H3. The second-order valence-corrected chi connectivity index (χ2v) is 8.10. The van der Waals surface area contributed by atoms with Gasteiger partial charge in [-0.2, -0.15) is 0 Å². The highest BCUT2D eigenvalue weighted by Gasteiger charge is 2.47. The molecule has 1 saturated heterocycles. The molecular weight excluding hydrogens is 280 g/mol. The van der Waals surface area contributed by atoms with E-state index in [4.69, 9.17) is 0 Å². The number of nitrogens with one attached hydrogen (secondary N) is 1. The Kier molecular flexibility index (Phi) is 5.13. The Balaban J connectivity index is 1.95. The van der Waals surface area contributed by atoms with Gasteiger partial charge in [-0.05, 0) is 49.1 Å². The van der Waals surface area contributed by atoms with E-state index in [-0.39, 0.29) is 5.54 Å². The van der Waals surface area contributed by atoms with Crippen molar-refractivity contribution in [2.75, 3.05) is 26.2 Å². The van der Waals surface area contributed by atoms with Crippen molar-refractivity contribution >= 4 is 0 Å². The summed E-state index contributed by atoms with van der Waals surface area (Å²) < 4.78 is 0. The van der Waals surface area contributed by atoms with E-state index in [0.717, 1.165) is 12.5 Å². The van der Waals surface area contributed by atoms with Crippen LogP contribution < -0.4 is 5.32 Å². The van der Waals surface area contributed by atoms with Crippen molar-refractivity contribution in [3.63, 3.8) is 0 Å². The molecule has 3 unspecified atom stereocenters. The normalized spacial score (nSPS) is 36.6. The summed E-state index contributed by atoms with van der Waals surface area (Å²) in [6.07, 6.45) is 6.55. The number of hydrogen-bond donors (Lipinski definition) is 1. The number of rotatable bonds is 3. The van der Waals surface area contributed by atoms with Crippen molar-refractivity contribution < 1.29 is 0 Å². The minimum Gasteiger partial charge on any atom is -0.315 e. The van der Waals surface area contributed by atoms with Crippen molar-refractivity contribution in [2.45, 2.75) is 58.4 Å². The van der Waals surface area contributed by atoms with Crippen LogP contribution >= 0.6 is 0 Å². The quantitative estimate of drug-likeness (QED) is 0.889. The van der Waals surface area contributed by atoms with E-state index < -0.39 is 0 Å². The van der Waals surface area contributed by atoms with E-state index >= 15 is 0 Å². The summed E-state index contributed by atoms with van der Waals surface area (Å²) in [6, 6.07) is 11.4. The highest BCUT2D eigenvalue weighted by Crippen LogP contribution is 2.53. The van der Waals surface area contributed by atoms with Crippen molar-refractivity contribution in [1.82, 2.24) is 10.2 Å². The zero-order valence-corrected chi connectivity index (χ0v) is 15.3. The first-order valence-electron chi connectivity index (χ1n) is 9.62. The monoisotopic (exact) mass is 314 g/mol. The third-order valence-corrected chi connectivity index (χ3v) is 7.01. The topological polar surface area (TPSA) is 15.3 Å². The fourth-order valence-corrected chi connectivity index (χ4v) is 4.87. The van der Waals surface area contributed by atoms with Crippen LogP contribution in [0.15, 0.2) is 30.3 Å². The average Bonchev–Trinajstić information content (AvgIpc) is 2.88. The molecule has 128 valence electrons. The van der Waals surface area contributed by atoms with Crippen LogP contribution in [0.25, 0.3) is 0 Å². The van der Waals surface area contributed by atoms with Gasteiger partial charge in [0.15, 0.2) is 0 Å². The van der Waals surface area contributed by atoms with Crippen molar-refractivity contribution in [2.24, 2.45) is 11.3 Å². The number of hydrogen-bond acceptors (Lipinski definition) is 2. The fraction of sp³-hybridized carbons (Fsp3) is 0.714. The van der Waals surface area contributed by atoms with E-state index in [2.05, 4.69) is 61.3 Å². The van der Waals surface area contributed by atoms with E-state index in [9.17, 15) is 0 Å². The number of benzene rings is 1. The molecule has 1 N–H and O–H groups in total. The lowest BCUT2D eigenvalue weighted by Crippen LogP contribution is -2.53. The molecule has 3 atom stereocenters. The van der Waals surface area contributed by atoms with Gasteiger partial charge in [0.2, 0.25) is 0 Å². The van der Waals surface area contributed by atoms with Gasteiger partial charge in [0.05, 0.1) is 0 Å². The molecule has 23 heavy (non-hydrogen) atoms. The highest BCUT2D eigenvalue weighted by molar-refractivity contribution is 5.26. The van der Waals surface area contributed by atoms with Gasteiger partial charge in [-0.3, -0.25) is 4.90 Å². The fourth-order valence-electron chi connectivity index (χ4n) is 4.87. The molecule has 1 aromatic rings. The average molecular weight is 315 g/mol. The number of nitrogens with zero attached hydrogens (tertiary/aromatic N) is 1. The molecule has 0 bridgehead atoms. The second-order valence-electron chi connectivity index (χ2n) is 8.10.